The van der Waals surface area contributed by atoms with Gasteiger partial charge in [-0.2, -0.15) is 0 Å². The Morgan fingerprint density at radius 3 is 2.86 bits per heavy atom. The van der Waals surface area contributed by atoms with Crippen LogP contribution in [0.5, 0.6) is 0 Å². The van der Waals surface area contributed by atoms with Crippen molar-refractivity contribution in [3.8, 4) is 0 Å². The van der Waals surface area contributed by atoms with Gasteiger partial charge in [-0.05, 0) is 6.92 Å². The van der Waals surface area contributed by atoms with Crippen molar-refractivity contribution < 1.29 is 14.6 Å². The maximum absolute atomic E-state index is 9.50. The first-order valence-electron chi connectivity index (χ1n) is 4.65. The number of allylic oxidation sites excluding steroid dienone is 4. The minimum atomic E-state index is -0.584. The van der Waals surface area contributed by atoms with E-state index in [1.165, 1.54) is 0 Å². The first kappa shape index (κ1) is 11.2. The molecule has 3 heteroatoms. The molecule has 1 fully saturated rings. The van der Waals surface area contributed by atoms with Crippen molar-refractivity contribution in [2.75, 3.05) is 6.61 Å². The maximum Gasteiger partial charge on any atom is 0.155 e. The summed E-state index contributed by atoms with van der Waals surface area (Å²) < 4.78 is 10.5. The topological polar surface area (TPSA) is 38.7 Å². The number of hydrogen-bond donors (Lipinski definition) is 1. The molecule has 0 aromatic heterocycles. The molecule has 1 aliphatic rings. The maximum atomic E-state index is 9.50. The molecule has 3 nitrogen and oxygen atoms in total. The lowest BCUT2D eigenvalue weighted by molar-refractivity contribution is -0.230. The van der Waals surface area contributed by atoms with Crippen LogP contribution in [-0.4, -0.2) is 30.2 Å². The summed E-state index contributed by atoms with van der Waals surface area (Å²) in [6.07, 6.45) is 7.85. The number of aliphatic hydroxyl groups is 1. The molecule has 0 aromatic carbocycles. The molecule has 1 heterocycles. The van der Waals surface area contributed by atoms with E-state index in [2.05, 4.69) is 6.58 Å². The lowest BCUT2D eigenvalue weighted by Crippen LogP contribution is -2.41. The average molecular weight is 196 g/mol. The van der Waals surface area contributed by atoms with Gasteiger partial charge < -0.3 is 14.6 Å². The minimum absolute atomic E-state index is 0.253. The summed E-state index contributed by atoms with van der Waals surface area (Å²) >= 11 is 0. The fourth-order valence-electron chi connectivity index (χ4n) is 1.17. The van der Waals surface area contributed by atoms with Crippen LogP contribution in [0.2, 0.25) is 0 Å². The van der Waals surface area contributed by atoms with Gasteiger partial charge in [0.1, 0.15) is 12.2 Å². The van der Waals surface area contributed by atoms with Crippen LogP contribution in [0.4, 0.5) is 0 Å². The molecule has 1 rings (SSSR count). The molecule has 0 aliphatic carbocycles. The third-order valence-electron chi connectivity index (χ3n) is 1.89. The van der Waals surface area contributed by atoms with Crippen molar-refractivity contribution >= 4 is 0 Å². The Balaban J connectivity index is 2.44. The summed E-state index contributed by atoms with van der Waals surface area (Å²) in [6, 6.07) is 0. The number of hydrogen-bond acceptors (Lipinski definition) is 3. The monoisotopic (exact) mass is 196 g/mol. The Hall–Kier alpha value is -0.900. The average Bonchev–Trinajstić information content (AvgIpc) is 2.18. The molecule has 0 saturated carbocycles. The fourth-order valence-corrected chi connectivity index (χ4v) is 1.17. The predicted molar refractivity (Wildman–Crippen MR) is 54.8 cm³/mol. The Labute approximate surface area is 84.3 Å². The van der Waals surface area contributed by atoms with E-state index in [0.717, 1.165) is 0 Å². The SMILES string of the molecule is C=C/C=C/C=C/[C@@H]1O[C@H](C)OC[C@H]1O. The van der Waals surface area contributed by atoms with Gasteiger partial charge in [-0.1, -0.05) is 37.0 Å². The molecule has 1 saturated heterocycles. The Kier molecular flexibility index (Phi) is 4.59. The second-order valence-electron chi connectivity index (χ2n) is 3.07. The van der Waals surface area contributed by atoms with Gasteiger partial charge in [0.05, 0.1) is 6.61 Å². The van der Waals surface area contributed by atoms with Gasteiger partial charge in [0, 0.05) is 0 Å². The van der Waals surface area contributed by atoms with Gasteiger partial charge in [-0.15, -0.1) is 0 Å². The van der Waals surface area contributed by atoms with Crippen LogP contribution in [0.1, 0.15) is 6.92 Å². The van der Waals surface area contributed by atoms with E-state index in [1.807, 2.05) is 31.2 Å². The van der Waals surface area contributed by atoms with Gasteiger partial charge in [0.15, 0.2) is 6.29 Å². The third kappa shape index (κ3) is 3.46. The normalized spacial score (nSPS) is 34.0. The Morgan fingerprint density at radius 2 is 2.14 bits per heavy atom. The highest BCUT2D eigenvalue weighted by molar-refractivity contribution is 5.11. The summed E-state index contributed by atoms with van der Waals surface area (Å²) in [5.74, 6) is 0. The van der Waals surface area contributed by atoms with Gasteiger partial charge in [0.2, 0.25) is 0 Å². The fraction of sp³-hybridized carbons (Fsp3) is 0.455. The lowest BCUT2D eigenvalue weighted by atomic mass is 10.2. The molecule has 3 atom stereocenters. The molecule has 1 aliphatic heterocycles. The highest BCUT2D eigenvalue weighted by Crippen LogP contribution is 2.13. The van der Waals surface area contributed by atoms with E-state index < -0.39 is 6.10 Å². The summed E-state index contributed by atoms with van der Waals surface area (Å²) in [5.41, 5.74) is 0. The van der Waals surface area contributed by atoms with Crippen molar-refractivity contribution in [2.24, 2.45) is 0 Å². The standard InChI is InChI=1S/C11H16O3/c1-3-4-5-6-7-11-10(12)8-13-9(2)14-11/h3-7,9-12H,1,8H2,2H3/b5-4+,7-6+/t9-,10-,11+/m1/s1. The highest BCUT2D eigenvalue weighted by Gasteiger charge is 2.25. The quantitative estimate of drug-likeness (QED) is 0.693. The summed E-state index contributed by atoms with van der Waals surface area (Å²) in [7, 11) is 0. The van der Waals surface area contributed by atoms with Crippen molar-refractivity contribution in [3.63, 3.8) is 0 Å². The van der Waals surface area contributed by atoms with E-state index in [9.17, 15) is 5.11 Å². The third-order valence-corrected chi connectivity index (χ3v) is 1.89. The van der Waals surface area contributed by atoms with E-state index in [0.29, 0.717) is 6.61 Å². The van der Waals surface area contributed by atoms with Gasteiger partial charge in [0.25, 0.3) is 0 Å². The Morgan fingerprint density at radius 1 is 1.36 bits per heavy atom. The van der Waals surface area contributed by atoms with Crippen molar-refractivity contribution in [1.82, 2.24) is 0 Å². The molecular weight excluding hydrogens is 180 g/mol. The largest absolute Gasteiger partial charge is 0.388 e. The van der Waals surface area contributed by atoms with Crippen LogP contribution in [0.15, 0.2) is 37.0 Å². The van der Waals surface area contributed by atoms with Gasteiger partial charge in [-0.25, -0.2) is 0 Å². The van der Waals surface area contributed by atoms with E-state index in [-0.39, 0.29) is 12.4 Å². The van der Waals surface area contributed by atoms with Crippen molar-refractivity contribution in [2.45, 2.75) is 25.4 Å². The van der Waals surface area contributed by atoms with Crippen LogP contribution >= 0.6 is 0 Å². The van der Waals surface area contributed by atoms with Gasteiger partial charge >= 0.3 is 0 Å². The number of rotatable bonds is 3. The number of aliphatic hydroxyl groups excluding tert-OH is 1. The molecule has 0 unspecified atom stereocenters. The molecule has 0 aromatic rings. The zero-order valence-electron chi connectivity index (χ0n) is 8.30. The van der Waals surface area contributed by atoms with Crippen molar-refractivity contribution in [1.29, 1.82) is 0 Å². The molecule has 14 heavy (non-hydrogen) atoms. The van der Waals surface area contributed by atoms with Crippen LogP contribution in [0, 0.1) is 0 Å². The van der Waals surface area contributed by atoms with Crippen LogP contribution in [-0.2, 0) is 9.47 Å². The molecule has 78 valence electrons. The van der Waals surface area contributed by atoms with Crippen LogP contribution in [0.3, 0.4) is 0 Å². The second-order valence-corrected chi connectivity index (χ2v) is 3.07. The van der Waals surface area contributed by atoms with Crippen LogP contribution in [0.25, 0.3) is 0 Å². The van der Waals surface area contributed by atoms with Crippen LogP contribution < -0.4 is 0 Å². The van der Waals surface area contributed by atoms with Crippen molar-refractivity contribution in [3.05, 3.63) is 37.0 Å². The lowest BCUT2D eigenvalue weighted by Gasteiger charge is -2.30. The summed E-state index contributed by atoms with van der Waals surface area (Å²) in [5, 5.41) is 9.50. The number of ether oxygens (including phenoxy) is 2. The van der Waals surface area contributed by atoms with Gasteiger partial charge in [-0.3, -0.25) is 0 Å². The predicted octanol–water partition coefficient (Wildman–Crippen LogP) is 1.41. The second kappa shape index (κ2) is 5.75. The first-order chi connectivity index (χ1) is 6.74. The first-order valence-corrected chi connectivity index (χ1v) is 4.65. The minimum Gasteiger partial charge on any atom is -0.388 e. The van der Waals surface area contributed by atoms with E-state index in [4.69, 9.17) is 9.47 Å². The van der Waals surface area contributed by atoms with E-state index >= 15 is 0 Å². The molecular formula is C11H16O3. The zero-order chi connectivity index (χ0) is 10.4. The molecule has 1 N–H and O–H groups in total. The Bertz CT molecular complexity index is 233. The highest BCUT2D eigenvalue weighted by atomic mass is 16.7. The smallest absolute Gasteiger partial charge is 0.155 e. The zero-order valence-corrected chi connectivity index (χ0v) is 8.30. The summed E-state index contributed by atoms with van der Waals surface area (Å²) in [6.45, 7) is 5.68. The molecule has 0 spiro atoms. The molecule has 0 radical (unpaired) electrons. The molecule has 0 bridgehead atoms. The van der Waals surface area contributed by atoms with E-state index in [1.54, 1.807) is 6.08 Å². The summed E-state index contributed by atoms with van der Waals surface area (Å²) in [4.78, 5) is 0. The molecule has 0 amide bonds.